The van der Waals surface area contributed by atoms with Gasteiger partial charge in [0.05, 0.1) is 12.7 Å². The minimum absolute atomic E-state index is 0.280. The summed E-state index contributed by atoms with van der Waals surface area (Å²) in [5, 5.41) is 0. The summed E-state index contributed by atoms with van der Waals surface area (Å²) in [7, 11) is 0. The Bertz CT molecular complexity index is 446. The molecule has 1 heteroatoms. The van der Waals surface area contributed by atoms with Crippen molar-refractivity contribution in [3.63, 3.8) is 0 Å². The van der Waals surface area contributed by atoms with Gasteiger partial charge in [0.1, 0.15) is 0 Å². The first-order valence-corrected chi connectivity index (χ1v) is 6.93. The molecule has 0 aromatic heterocycles. The van der Waals surface area contributed by atoms with Crippen LogP contribution in [0.2, 0.25) is 0 Å². The van der Waals surface area contributed by atoms with Crippen molar-refractivity contribution >= 4 is 0 Å². The van der Waals surface area contributed by atoms with E-state index in [2.05, 4.69) is 44.7 Å². The maximum atomic E-state index is 6.08. The molecule has 0 radical (unpaired) electrons. The van der Waals surface area contributed by atoms with Crippen LogP contribution in [0.4, 0.5) is 0 Å². The van der Waals surface area contributed by atoms with E-state index in [1.807, 2.05) is 6.07 Å². The van der Waals surface area contributed by atoms with Crippen LogP contribution in [0.3, 0.4) is 0 Å². The zero-order chi connectivity index (χ0) is 12.8. The molecule has 0 saturated heterocycles. The van der Waals surface area contributed by atoms with Crippen LogP contribution in [0, 0.1) is 17.3 Å². The maximum absolute atomic E-state index is 6.08. The zero-order valence-electron chi connectivity index (χ0n) is 11.4. The Labute approximate surface area is 110 Å². The monoisotopic (exact) mass is 242 g/mol. The molecule has 0 N–H and O–H groups in total. The third-order valence-corrected chi connectivity index (χ3v) is 5.12. The van der Waals surface area contributed by atoms with Crippen LogP contribution < -0.4 is 0 Å². The van der Waals surface area contributed by atoms with Crippen molar-refractivity contribution in [1.82, 2.24) is 0 Å². The smallest absolute Gasteiger partial charge is 0.0792 e. The molecule has 0 amide bonds. The lowest BCUT2D eigenvalue weighted by Crippen LogP contribution is -2.53. The van der Waals surface area contributed by atoms with Gasteiger partial charge in [-0.05, 0) is 41.2 Å². The third-order valence-electron chi connectivity index (χ3n) is 5.12. The average molecular weight is 242 g/mol. The molecule has 1 aromatic carbocycles. The Morgan fingerprint density at radius 2 is 1.94 bits per heavy atom. The quantitative estimate of drug-likeness (QED) is 0.722. The molecule has 3 atom stereocenters. The fraction of sp³-hybridized carbons (Fsp3) is 0.529. The summed E-state index contributed by atoms with van der Waals surface area (Å²) in [4.78, 5) is 0. The first-order valence-electron chi connectivity index (χ1n) is 6.93. The SMILES string of the molecule is C=C1C(OCc2ccccc2)CC2CC1C2(C)C. The van der Waals surface area contributed by atoms with Crippen molar-refractivity contribution in [3.8, 4) is 0 Å². The molecule has 0 heterocycles. The molecule has 0 spiro atoms. The second-order valence-corrected chi connectivity index (χ2v) is 6.40. The summed E-state index contributed by atoms with van der Waals surface area (Å²) < 4.78 is 6.08. The number of fused-ring (bicyclic) bond motifs is 2. The van der Waals surface area contributed by atoms with Gasteiger partial charge >= 0.3 is 0 Å². The summed E-state index contributed by atoms with van der Waals surface area (Å²) in [5.74, 6) is 1.51. The summed E-state index contributed by atoms with van der Waals surface area (Å²) >= 11 is 0. The average Bonchev–Trinajstić information content (AvgIpc) is 2.38. The second kappa shape index (κ2) is 4.24. The van der Waals surface area contributed by atoms with E-state index in [1.54, 1.807) is 0 Å². The predicted octanol–water partition coefficient (Wildman–Crippen LogP) is 4.19. The lowest BCUT2D eigenvalue weighted by atomic mass is 9.47. The maximum Gasteiger partial charge on any atom is 0.0792 e. The van der Waals surface area contributed by atoms with Crippen LogP contribution in [0.5, 0.6) is 0 Å². The minimum atomic E-state index is 0.280. The molecule has 4 rings (SSSR count). The third kappa shape index (κ3) is 1.81. The summed E-state index contributed by atoms with van der Waals surface area (Å²) in [6.07, 6.45) is 2.77. The molecule has 3 aliphatic rings. The number of rotatable bonds is 3. The lowest BCUT2D eigenvalue weighted by molar-refractivity contribution is -0.0943. The van der Waals surface area contributed by atoms with Crippen molar-refractivity contribution in [3.05, 3.63) is 48.0 Å². The minimum Gasteiger partial charge on any atom is -0.369 e. The van der Waals surface area contributed by atoms with Gasteiger partial charge in [-0.1, -0.05) is 50.8 Å². The van der Waals surface area contributed by atoms with Crippen molar-refractivity contribution < 1.29 is 4.74 Å². The van der Waals surface area contributed by atoms with Gasteiger partial charge in [0, 0.05) is 0 Å². The molecule has 3 saturated carbocycles. The standard InChI is InChI=1S/C17H22O/c1-12-15-9-14(17(15,2)3)10-16(12)18-11-13-7-5-4-6-8-13/h4-8,14-16H,1,9-11H2,2-3H3. The molecular weight excluding hydrogens is 220 g/mol. The highest BCUT2D eigenvalue weighted by molar-refractivity contribution is 5.24. The normalized spacial score (nSPS) is 33.0. The first kappa shape index (κ1) is 12.0. The molecule has 18 heavy (non-hydrogen) atoms. The lowest BCUT2D eigenvalue weighted by Gasteiger charge is -2.59. The Morgan fingerprint density at radius 3 is 2.56 bits per heavy atom. The number of hydrogen-bond donors (Lipinski definition) is 0. The Balaban J connectivity index is 1.61. The highest BCUT2D eigenvalue weighted by Crippen LogP contribution is 2.61. The van der Waals surface area contributed by atoms with Crippen molar-refractivity contribution in [1.29, 1.82) is 0 Å². The Kier molecular flexibility index (Phi) is 2.82. The molecule has 3 unspecified atom stereocenters. The molecule has 1 nitrogen and oxygen atoms in total. The second-order valence-electron chi connectivity index (χ2n) is 6.40. The van der Waals surface area contributed by atoms with Crippen LogP contribution in [-0.2, 0) is 11.3 Å². The van der Waals surface area contributed by atoms with Crippen LogP contribution in [0.25, 0.3) is 0 Å². The number of hydrogen-bond acceptors (Lipinski definition) is 1. The largest absolute Gasteiger partial charge is 0.369 e. The summed E-state index contributed by atoms with van der Waals surface area (Å²) in [5.41, 5.74) is 3.05. The molecule has 96 valence electrons. The van der Waals surface area contributed by atoms with Crippen molar-refractivity contribution in [2.24, 2.45) is 17.3 Å². The van der Waals surface area contributed by atoms with E-state index in [4.69, 9.17) is 4.74 Å². The van der Waals surface area contributed by atoms with Crippen LogP contribution >= 0.6 is 0 Å². The molecule has 2 bridgehead atoms. The fourth-order valence-electron chi connectivity index (χ4n) is 3.63. The van der Waals surface area contributed by atoms with Gasteiger partial charge in [-0.25, -0.2) is 0 Å². The van der Waals surface area contributed by atoms with E-state index < -0.39 is 0 Å². The molecule has 3 aliphatic carbocycles. The van der Waals surface area contributed by atoms with Gasteiger partial charge < -0.3 is 4.74 Å². The van der Waals surface area contributed by atoms with Gasteiger partial charge in [0.2, 0.25) is 0 Å². The summed E-state index contributed by atoms with van der Waals surface area (Å²) in [6.45, 7) is 9.77. The highest BCUT2D eigenvalue weighted by Gasteiger charge is 2.54. The van der Waals surface area contributed by atoms with E-state index >= 15 is 0 Å². The van der Waals surface area contributed by atoms with E-state index in [9.17, 15) is 0 Å². The van der Waals surface area contributed by atoms with E-state index in [0.717, 1.165) is 12.3 Å². The Hall–Kier alpha value is -1.08. The fourth-order valence-corrected chi connectivity index (χ4v) is 3.63. The molecule has 0 aliphatic heterocycles. The molecular formula is C17H22O. The molecule has 1 aromatic rings. The van der Waals surface area contributed by atoms with E-state index in [-0.39, 0.29) is 6.10 Å². The van der Waals surface area contributed by atoms with E-state index in [1.165, 1.54) is 17.6 Å². The van der Waals surface area contributed by atoms with Gasteiger partial charge in [-0.15, -0.1) is 0 Å². The van der Waals surface area contributed by atoms with Crippen LogP contribution in [0.15, 0.2) is 42.5 Å². The molecule has 3 fully saturated rings. The van der Waals surface area contributed by atoms with Gasteiger partial charge in [-0.3, -0.25) is 0 Å². The van der Waals surface area contributed by atoms with Crippen LogP contribution in [0.1, 0.15) is 32.3 Å². The zero-order valence-corrected chi connectivity index (χ0v) is 11.4. The first-order chi connectivity index (χ1) is 8.59. The van der Waals surface area contributed by atoms with E-state index in [0.29, 0.717) is 17.9 Å². The topological polar surface area (TPSA) is 9.23 Å². The predicted molar refractivity (Wildman–Crippen MR) is 74.2 cm³/mol. The van der Waals surface area contributed by atoms with Crippen molar-refractivity contribution in [2.45, 2.75) is 39.4 Å². The summed E-state index contributed by atoms with van der Waals surface area (Å²) in [6, 6.07) is 10.4. The highest BCUT2D eigenvalue weighted by atomic mass is 16.5. The van der Waals surface area contributed by atoms with Gasteiger partial charge in [-0.2, -0.15) is 0 Å². The van der Waals surface area contributed by atoms with Gasteiger partial charge in [0.15, 0.2) is 0 Å². The Morgan fingerprint density at radius 1 is 1.22 bits per heavy atom. The van der Waals surface area contributed by atoms with Crippen LogP contribution in [-0.4, -0.2) is 6.10 Å². The number of benzene rings is 1. The van der Waals surface area contributed by atoms with Gasteiger partial charge in [0.25, 0.3) is 0 Å². The van der Waals surface area contributed by atoms with Crippen molar-refractivity contribution in [2.75, 3.05) is 0 Å². The number of ether oxygens (including phenoxy) is 1.